The molecule has 1 aromatic carbocycles. The smallest absolute Gasteiger partial charge is 0.260 e. The van der Waals surface area contributed by atoms with Crippen molar-refractivity contribution in [3.8, 4) is 0 Å². The summed E-state index contributed by atoms with van der Waals surface area (Å²) in [7, 11) is 1.38. The Kier molecular flexibility index (Phi) is 4.53. The quantitative estimate of drug-likeness (QED) is 0.886. The van der Waals surface area contributed by atoms with E-state index in [2.05, 4.69) is 5.32 Å². The van der Waals surface area contributed by atoms with Crippen LogP contribution in [0.4, 0.5) is 13.2 Å². The van der Waals surface area contributed by atoms with Gasteiger partial charge < -0.3 is 15.2 Å². The van der Waals surface area contributed by atoms with E-state index in [1.54, 1.807) is 0 Å². The number of benzene rings is 1. The molecule has 0 saturated carbocycles. The van der Waals surface area contributed by atoms with Gasteiger partial charge in [-0.1, -0.05) is 12.1 Å². The van der Waals surface area contributed by atoms with Gasteiger partial charge in [-0.05, 0) is 6.07 Å². The second kappa shape index (κ2) is 6.03. The minimum absolute atomic E-state index is 0.0343. The van der Waals surface area contributed by atoms with Gasteiger partial charge in [-0.2, -0.15) is 0 Å². The summed E-state index contributed by atoms with van der Waals surface area (Å²) in [6.07, 6.45) is -0.330. The molecule has 1 amide bonds. The van der Waals surface area contributed by atoms with Gasteiger partial charge >= 0.3 is 0 Å². The number of aliphatic hydroxyl groups excluding tert-OH is 1. The van der Waals surface area contributed by atoms with Crippen LogP contribution in [-0.2, 0) is 9.53 Å². The van der Waals surface area contributed by atoms with Gasteiger partial charge in [0.1, 0.15) is 0 Å². The monoisotopic (exact) mass is 303 g/mol. The number of hydrogen-bond donors (Lipinski definition) is 2. The first kappa shape index (κ1) is 15.8. The van der Waals surface area contributed by atoms with Crippen molar-refractivity contribution in [2.45, 2.75) is 18.1 Å². The van der Waals surface area contributed by atoms with Crippen molar-refractivity contribution in [3.05, 3.63) is 35.4 Å². The first-order valence-electron chi connectivity index (χ1n) is 6.46. The highest BCUT2D eigenvalue weighted by molar-refractivity contribution is 5.86. The van der Waals surface area contributed by atoms with Crippen LogP contribution < -0.4 is 5.32 Å². The van der Waals surface area contributed by atoms with E-state index in [1.165, 1.54) is 19.2 Å². The van der Waals surface area contributed by atoms with Gasteiger partial charge in [0.15, 0.2) is 11.6 Å². The molecule has 1 saturated heterocycles. The van der Waals surface area contributed by atoms with Crippen molar-refractivity contribution in [2.24, 2.45) is 5.92 Å². The van der Waals surface area contributed by atoms with Gasteiger partial charge in [0.2, 0.25) is 5.67 Å². The zero-order valence-electron chi connectivity index (χ0n) is 11.4. The Morgan fingerprint density at radius 3 is 2.81 bits per heavy atom. The van der Waals surface area contributed by atoms with Crippen LogP contribution in [0, 0.1) is 17.6 Å². The predicted molar refractivity (Wildman–Crippen MR) is 68.1 cm³/mol. The topological polar surface area (TPSA) is 58.6 Å². The van der Waals surface area contributed by atoms with E-state index in [1.807, 2.05) is 0 Å². The standard InChI is InChI=1S/C14H16F3NO3/c1-21-6-8-5-14(17,7-19)13(20)18-12(8)9-3-2-4-10(15)11(9)16/h2-4,8,12,19H,5-7H2,1H3,(H,18,20)/t8-,12+,14?/m1/s1. The number of methoxy groups -OCH3 is 1. The molecule has 1 unspecified atom stereocenters. The highest BCUT2D eigenvalue weighted by Crippen LogP contribution is 2.37. The lowest BCUT2D eigenvalue weighted by Crippen LogP contribution is -2.56. The number of halogens is 3. The Labute approximate surface area is 119 Å². The largest absolute Gasteiger partial charge is 0.392 e. The summed E-state index contributed by atoms with van der Waals surface area (Å²) in [6.45, 7) is -0.941. The Morgan fingerprint density at radius 1 is 1.48 bits per heavy atom. The van der Waals surface area contributed by atoms with Gasteiger partial charge in [-0.25, -0.2) is 13.2 Å². The minimum Gasteiger partial charge on any atom is -0.392 e. The Balaban J connectivity index is 2.37. The molecule has 3 atom stereocenters. The summed E-state index contributed by atoms with van der Waals surface area (Å²) in [4.78, 5) is 11.8. The lowest BCUT2D eigenvalue weighted by atomic mass is 9.80. The van der Waals surface area contributed by atoms with Gasteiger partial charge in [0.25, 0.3) is 5.91 Å². The number of nitrogens with one attached hydrogen (secondary N) is 1. The molecule has 0 aliphatic carbocycles. The van der Waals surface area contributed by atoms with E-state index in [9.17, 15) is 18.0 Å². The van der Waals surface area contributed by atoms with E-state index in [0.29, 0.717) is 0 Å². The molecule has 2 N–H and O–H groups in total. The molecular weight excluding hydrogens is 287 g/mol. The molecule has 1 aliphatic rings. The molecule has 1 aromatic rings. The number of aliphatic hydroxyl groups is 1. The van der Waals surface area contributed by atoms with Gasteiger partial charge in [-0.3, -0.25) is 4.79 Å². The van der Waals surface area contributed by atoms with Crippen LogP contribution in [0.15, 0.2) is 18.2 Å². The molecule has 21 heavy (non-hydrogen) atoms. The van der Waals surface area contributed by atoms with Gasteiger partial charge in [-0.15, -0.1) is 0 Å². The maximum absolute atomic E-state index is 14.3. The van der Waals surface area contributed by atoms with Crippen molar-refractivity contribution >= 4 is 5.91 Å². The second-order valence-corrected chi connectivity index (χ2v) is 5.14. The fourth-order valence-electron chi connectivity index (χ4n) is 2.61. The average molecular weight is 303 g/mol. The summed E-state index contributed by atoms with van der Waals surface area (Å²) >= 11 is 0. The molecule has 0 bridgehead atoms. The second-order valence-electron chi connectivity index (χ2n) is 5.14. The molecule has 2 rings (SSSR count). The molecule has 1 aliphatic heterocycles. The third-order valence-electron chi connectivity index (χ3n) is 3.70. The van der Waals surface area contributed by atoms with Gasteiger partial charge in [0.05, 0.1) is 19.3 Å². The fraction of sp³-hybridized carbons (Fsp3) is 0.500. The lowest BCUT2D eigenvalue weighted by Gasteiger charge is -2.39. The molecule has 1 fully saturated rings. The number of ether oxygens (including phenoxy) is 1. The first-order chi connectivity index (χ1) is 9.92. The maximum Gasteiger partial charge on any atom is 0.260 e. The van der Waals surface area contributed by atoms with Crippen LogP contribution in [0.5, 0.6) is 0 Å². The normalized spacial score (nSPS) is 29.3. The van der Waals surface area contributed by atoms with Crippen molar-refractivity contribution in [3.63, 3.8) is 0 Å². The third-order valence-corrected chi connectivity index (χ3v) is 3.70. The van der Waals surface area contributed by atoms with E-state index >= 15 is 0 Å². The van der Waals surface area contributed by atoms with Crippen molar-refractivity contribution in [2.75, 3.05) is 20.3 Å². The Morgan fingerprint density at radius 2 is 2.19 bits per heavy atom. The molecule has 0 radical (unpaired) electrons. The van der Waals surface area contributed by atoms with Crippen LogP contribution in [0.2, 0.25) is 0 Å². The lowest BCUT2D eigenvalue weighted by molar-refractivity contribution is -0.144. The third kappa shape index (κ3) is 2.89. The number of amides is 1. The zero-order chi connectivity index (χ0) is 15.6. The van der Waals surface area contributed by atoms with E-state index in [4.69, 9.17) is 9.84 Å². The summed E-state index contributed by atoms with van der Waals surface area (Å²) < 4.78 is 46.4. The molecule has 0 aromatic heterocycles. The summed E-state index contributed by atoms with van der Waals surface area (Å²) in [5.74, 6) is -3.79. The van der Waals surface area contributed by atoms with E-state index in [0.717, 1.165) is 6.07 Å². The number of alkyl halides is 1. The van der Waals surface area contributed by atoms with Crippen LogP contribution >= 0.6 is 0 Å². The van der Waals surface area contributed by atoms with Crippen LogP contribution in [0.25, 0.3) is 0 Å². The zero-order valence-corrected chi connectivity index (χ0v) is 11.4. The van der Waals surface area contributed by atoms with Crippen molar-refractivity contribution in [1.82, 2.24) is 5.32 Å². The first-order valence-corrected chi connectivity index (χ1v) is 6.46. The van der Waals surface area contributed by atoms with Crippen LogP contribution in [0.3, 0.4) is 0 Å². The minimum atomic E-state index is -2.44. The molecule has 7 heteroatoms. The van der Waals surface area contributed by atoms with E-state index < -0.39 is 41.8 Å². The van der Waals surface area contributed by atoms with Crippen molar-refractivity contribution in [1.29, 1.82) is 0 Å². The number of carbonyl (C=O) groups is 1. The summed E-state index contributed by atoms with van der Waals surface area (Å²) in [5.41, 5.74) is -2.51. The molecule has 0 spiro atoms. The van der Waals surface area contributed by atoms with Gasteiger partial charge in [0, 0.05) is 25.0 Å². The number of rotatable bonds is 4. The average Bonchev–Trinajstić information content (AvgIpc) is 2.46. The SMILES string of the molecule is COC[C@H]1CC(F)(CO)C(=O)N[C@@H]1c1cccc(F)c1F. The summed E-state index contributed by atoms with van der Waals surface area (Å²) in [6, 6.07) is 2.69. The van der Waals surface area contributed by atoms with Crippen LogP contribution in [0.1, 0.15) is 18.0 Å². The number of piperidine rings is 1. The molecule has 4 nitrogen and oxygen atoms in total. The maximum atomic E-state index is 14.3. The fourth-order valence-corrected chi connectivity index (χ4v) is 2.61. The molecule has 1 heterocycles. The number of carbonyl (C=O) groups excluding carboxylic acids is 1. The summed E-state index contributed by atoms with van der Waals surface area (Å²) in [5, 5.41) is 11.4. The molecular formula is C14H16F3NO3. The number of hydrogen-bond acceptors (Lipinski definition) is 3. The van der Waals surface area contributed by atoms with E-state index in [-0.39, 0.29) is 18.6 Å². The van der Waals surface area contributed by atoms with Crippen molar-refractivity contribution < 1.29 is 27.8 Å². The highest BCUT2D eigenvalue weighted by Gasteiger charge is 2.48. The van der Waals surface area contributed by atoms with Crippen LogP contribution in [-0.4, -0.2) is 37.0 Å². The Hall–Kier alpha value is -1.60. The Bertz CT molecular complexity index is 540. The highest BCUT2D eigenvalue weighted by atomic mass is 19.2. The molecule has 116 valence electrons. The predicted octanol–water partition coefficient (Wildman–Crippen LogP) is 1.49.